The number of ether oxygens (including phenoxy) is 2. The molecular formula is C14H17Cl3O2S. The Bertz CT molecular complexity index is 468. The summed E-state index contributed by atoms with van der Waals surface area (Å²) in [5.74, 6) is 2.23. The van der Waals surface area contributed by atoms with Gasteiger partial charge in [0.05, 0.1) is 30.6 Å². The zero-order valence-corrected chi connectivity index (χ0v) is 14.3. The average molecular weight is 356 g/mol. The van der Waals surface area contributed by atoms with Gasteiger partial charge in [-0.25, -0.2) is 0 Å². The molecule has 2 rings (SSSR count). The first kappa shape index (κ1) is 16.6. The van der Waals surface area contributed by atoms with E-state index in [2.05, 4.69) is 0 Å². The van der Waals surface area contributed by atoms with Crippen LogP contribution in [-0.2, 0) is 11.2 Å². The minimum Gasteiger partial charge on any atom is -0.495 e. The summed E-state index contributed by atoms with van der Waals surface area (Å²) in [7, 11) is 1.61. The number of methoxy groups -OCH3 is 1. The highest BCUT2D eigenvalue weighted by Crippen LogP contribution is 2.45. The molecule has 1 unspecified atom stereocenters. The van der Waals surface area contributed by atoms with E-state index in [9.17, 15) is 0 Å². The number of rotatable bonds is 5. The second-order valence-corrected chi connectivity index (χ2v) is 6.95. The monoisotopic (exact) mass is 354 g/mol. The lowest BCUT2D eigenvalue weighted by atomic mass is 10.00. The van der Waals surface area contributed by atoms with Crippen LogP contribution in [0.5, 0.6) is 5.75 Å². The van der Waals surface area contributed by atoms with Gasteiger partial charge in [0, 0.05) is 5.88 Å². The molecule has 1 atom stereocenters. The summed E-state index contributed by atoms with van der Waals surface area (Å²) in [6, 6.07) is 2.00. The second kappa shape index (κ2) is 8.00. The summed E-state index contributed by atoms with van der Waals surface area (Å²) in [6.45, 7) is 1.15. The molecule has 20 heavy (non-hydrogen) atoms. The molecule has 1 aliphatic rings. The molecule has 0 radical (unpaired) electrons. The van der Waals surface area contributed by atoms with Crippen molar-refractivity contribution in [1.82, 2.24) is 0 Å². The third-order valence-corrected chi connectivity index (χ3v) is 5.56. The Morgan fingerprint density at radius 3 is 2.85 bits per heavy atom. The molecule has 1 aliphatic heterocycles. The molecule has 6 heteroatoms. The smallest absolute Gasteiger partial charge is 0.139 e. The van der Waals surface area contributed by atoms with Crippen molar-refractivity contribution in [1.29, 1.82) is 0 Å². The standard InChI is InChI=1S/C14H17Cl3O2S/c1-18-10-7-9-3-2-6-20-11(8-19-5-4-15)12(9)14(17)13(10)16/h7,11H,2-6,8H2,1H3. The highest BCUT2D eigenvalue weighted by molar-refractivity contribution is 7.99. The Balaban J connectivity index is 2.34. The molecule has 0 saturated carbocycles. The quantitative estimate of drug-likeness (QED) is 0.548. The fourth-order valence-corrected chi connectivity index (χ4v) is 4.30. The van der Waals surface area contributed by atoms with Gasteiger partial charge in [-0.15, -0.1) is 11.6 Å². The van der Waals surface area contributed by atoms with Crippen molar-refractivity contribution in [2.24, 2.45) is 0 Å². The van der Waals surface area contributed by atoms with E-state index in [1.807, 2.05) is 17.8 Å². The topological polar surface area (TPSA) is 18.5 Å². The summed E-state index contributed by atoms with van der Waals surface area (Å²) < 4.78 is 10.9. The van der Waals surface area contributed by atoms with Crippen LogP contribution in [0.3, 0.4) is 0 Å². The molecular weight excluding hydrogens is 339 g/mol. The van der Waals surface area contributed by atoms with Crippen molar-refractivity contribution < 1.29 is 9.47 Å². The lowest BCUT2D eigenvalue weighted by molar-refractivity contribution is 0.150. The fraction of sp³-hybridized carbons (Fsp3) is 0.571. The maximum atomic E-state index is 6.47. The summed E-state index contributed by atoms with van der Waals surface area (Å²) in [6.07, 6.45) is 2.10. The van der Waals surface area contributed by atoms with Crippen LogP contribution < -0.4 is 4.74 Å². The lowest BCUT2D eigenvalue weighted by Gasteiger charge is -2.20. The zero-order chi connectivity index (χ0) is 14.5. The molecule has 1 aromatic rings. The van der Waals surface area contributed by atoms with Gasteiger partial charge in [-0.3, -0.25) is 0 Å². The molecule has 0 N–H and O–H groups in total. The predicted octanol–water partition coefficient (Wildman–Crippen LogP) is 4.98. The number of thioether (sulfide) groups is 1. The van der Waals surface area contributed by atoms with Crippen molar-refractivity contribution in [3.63, 3.8) is 0 Å². The highest BCUT2D eigenvalue weighted by Gasteiger charge is 2.25. The molecule has 0 spiro atoms. The Morgan fingerprint density at radius 2 is 2.15 bits per heavy atom. The molecule has 0 aliphatic carbocycles. The number of alkyl halides is 1. The van der Waals surface area contributed by atoms with Crippen LogP contribution in [-0.4, -0.2) is 32.0 Å². The van der Waals surface area contributed by atoms with E-state index in [-0.39, 0.29) is 5.25 Å². The van der Waals surface area contributed by atoms with Gasteiger partial charge < -0.3 is 9.47 Å². The summed E-state index contributed by atoms with van der Waals surface area (Å²) in [4.78, 5) is 0. The molecule has 0 bridgehead atoms. The Labute approximate surface area is 139 Å². The highest BCUT2D eigenvalue weighted by atomic mass is 35.5. The first-order valence-electron chi connectivity index (χ1n) is 6.49. The van der Waals surface area contributed by atoms with Gasteiger partial charge in [0.15, 0.2) is 0 Å². The number of benzene rings is 1. The van der Waals surface area contributed by atoms with Gasteiger partial charge in [-0.2, -0.15) is 11.8 Å². The number of fused-ring (bicyclic) bond motifs is 1. The molecule has 0 aromatic heterocycles. The molecule has 0 amide bonds. The number of halogens is 3. The summed E-state index contributed by atoms with van der Waals surface area (Å²) in [5.41, 5.74) is 2.30. The number of aryl methyl sites for hydroxylation is 1. The largest absolute Gasteiger partial charge is 0.495 e. The van der Waals surface area contributed by atoms with E-state index in [0.717, 1.165) is 24.2 Å². The molecule has 0 fully saturated rings. The summed E-state index contributed by atoms with van der Waals surface area (Å²) >= 11 is 20.3. The molecule has 1 aromatic carbocycles. The molecule has 0 saturated heterocycles. The molecule has 1 heterocycles. The van der Waals surface area contributed by atoms with E-state index in [1.165, 1.54) is 5.56 Å². The SMILES string of the molecule is COc1cc2c(c(Cl)c1Cl)C(COCCCl)SCCC2. The van der Waals surface area contributed by atoms with Crippen molar-refractivity contribution >= 4 is 46.6 Å². The summed E-state index contributed by atoms with van der Waals surface area (Å²) in [5, 5.41) is 1.28. The lowest BCUT2D eigenvalue weighted by Crippen LogP contribution is -2.09. The Kier molecular flexibility index (Phi) is 6.63. The van der Waals surface area contributed by atoms with Crippen LogP contribution in [0.2, 0.25) is 10.0 Å². The predicted molar refractivity (Wildman–Crippen MR) is 88.1 cm³/mol. The van der Waals surface area contributed by atoms with Crippen molar-refractivity contribution in [3.8, 4) is 5.75 Å². The van der Waals surface area contributed by atoms with Crippen molar-refractivity contribution in [3.05, 3.63) is 27.2 Å². The fourth-order valence-electron chi connectivity index (χ4n) is 2.32. The maximum absolute atomic E-state index is 6.47. The van der Waals surface area contributed by atoms with Crippen molar-refractivity contribution in [2.75, 3.05) is 32.0 Å². The van der Waals surface area contributed by atoms with Crippen LogP contribution >= 0.6 is 46.6 Å². The van der Waals surface area contributed by atoms with Crippen molar-refractivity contribution in [2.45, 2.75) is 18.1 Å². The van der Waals surface area contributed by atoms with Gasteiger partial charge in [-0.1, -0.05) is 23.2 Å². The molecule has 2 nitrogen and oxygen atoms in total. The first-order chi connectivity index (χ1) is 9.69. The van der Waals surface area contributed by atoms with E-state index >= 15 is 0 Å². The van der Waals surface area contributed by atoms with E-state index in [4.69, 9.17) is 44.3 Å². The molecule has 112 valence electrons. The minimum absolute atomic E-state index is 0.201. The Hall–Kier alpha value is 0.200. The van der Waals surface area contributed by atoms with Gasteiger partial charge in [-0.05, 0) is 35.8 Å². The van der Waals surface area contributed by atoms with Gasteiger partial charge in [0.2, 0.25) is 0 Å². The van der Waals surface area contributed by atoms with E-state index in [0.29, 0.717) is 34.9 Å². The zero-order valence-electron chi connectivity index (χ0n) is 11.3. The van der Waals surface area contributed by atoms with Gasteiger partial charge in [0.1, 0.15) is 10.8 Å². The third-order valence-electron chi connectivity index (χ3n) is 3.24. The average Bonchev–Trinajstić information content (AvgIpc) is 2.65. The van der Waals surface area contributed by atoms with Crippen LogP contribution in [0, 0.1) is 0 Å². The van der Waals surface area contributed by atoms with Crippen LogP contribution in [0.25, 0.3) is 0 Å². The number of hydrogen-bond acceptors (Lipinski definition) is 3. The van der Waals surface area contributed by atoms with Gasteiger partial charge in [0.25, 0.3) is 0 Å². The normalized spacial score (nSPS) is 18.5. The maximum Gasteiger partial charge on any atom is 0.139 e. The van der Waals surface area contributed by atoms with Crippen LogP contribution in [0.4, 0.5) is 0 Å². The Morgan fingerprint density at radius 1 is 1.35 bits per heavy atom. The third kappa shape index (κ3) is 3.69. The first-order valence-corrected chi connectivity index (χ1v) is 8.83. The van der Waals surface area contributed by atoms with Gasteiger partial charge >= 0.3 is 0 Å². The second-order valence-electron chi connectivity index (χ2n) is 4.51. The van der Waals surface area contributed by atoms with Crippen LogP contribution in [0.1, 0.15) is 22.8 Å². The minimum atomic E-state index is 0.201. The van der Waals surface area contributed by atoms with E-state index in [1.54, 1.807) is 7.11 Å². The van der Waals surface area contributed by atoms with E-state index < -0.39 is 0 Å². The van der Waals surface area contributed by atoms with Crippen LogP contribution in [0.15, 0.2) is 6.07 Å². The number of hydrogen-bond donors (Lipinski definition) is 0.